The molecule has 1 fully saturated rings. The summed E-state index contributed by atoms with van der Waals surface area (Å²) in [6, 6.07) is 19.2. The quantitative estimate of drug-likeness (QED) is 0.279. The lowest BCUT2D eigenvalue weighted by atomic mass is 10.0. The number of hydrogen-bond donors (Lipinski definition) is 1. The Kier molecular flexibility index (Phi) is 10.6. The predicted molar refractivity (Wildman–Crippen MR) is 169 cm³/mol. The van der Waals surface area contributed by atoms with Crippen LogP contribution < -0.4 is 9.62 Å². The van der Waals surface area contributed by atoms with Crippen LogP contribution in [0.4, 0.5) is 5.69 Å². The maximum atomic E-state index is 14.3. The van der Waals surface area contributed by atoms with Crippen molar-refractivity contribution in [3.8, 4) is 0 Å². The molecular formula is C32H37Cl2N3O4S. The Labute approximate surface area is 258 Å². The third kappa shape index (κ3) is 8.06. The van der Waals surface area contributed by atoms with Gasteiger partial charge in [0, 0.05) is 19.0 Å². The highest BCUT2D eigenvalue weighted by Crippen LogP contribution is 2.28. The largest absolute Gasteiger partial charge is 0.352 e. The van der Waals surface area contributed by atoms with E-state index >= 15 is 0 Å². The first-order valence-electron chi connectivity index (χ1n) is 14.1. The van der Waals surface area contributed by atoms with Gasteiger partial charge in [0.15, 0.2) is 0 Å². The molecule has 1 atom stereocenters. The molecule has 3 aromatic carbocycles. The van der Waals surface area contributed by atoms with Gasteiger partial charge in [-0.05, 0) is 61.1 Å². The number of amides is 2. The third-order valence-corrected chi connectivity index (χ3v) is 9.53. The van der Waals surface area contributed by atoms with Gasteiger partial charge in [0.2, 0.25) is 21.8 Å². The van der Waals surface area contributed by atoms with Gasteiger partial charge in [-0.1, -0.05) is 90.6 Å². The van der Waals surface area contributed by atoms with Gasteiger partial charge in [-0.15, -0.1) is 0 Å². The number of nitrogens with zero attached hydrogens (tertiary/aromatic N) is 2. The lowest BCUT2D eigenvalue weighted by molar-refractivity contribution is -0.140. The van der Waals surface area contributed by atoms with E-state index in [0.717, 1.165) is 52.9 Å². The Bertz CT molecular complexity index is 1510. The van der Waals surface area contributed by atoms with Crippen molar-refractivity contribution in [2.75, 3.05) is 17.1 Å². The van der Waals surface area contributed by atoms with E-state index in [1.807, 2.05) is 62.4 Å². The van der Waals surface area contributed by atoms with E-state index in [0.29, 0.717) is 21.3 Å². The molecule has 1 aliphatic carbocycles. The monoisotopic (exact) mass is 629 g/mol. The summed E-state index contributed by atoms with van der Waals surface area (Å²) < 4.78 is 27.3. The molecule has 2 amide bonds. The lowest BCUT2D eigenvalue weighted by Crippen LogP contribution is -2.54. The van der Waals surface area contributed by atoms with Crippen molar-refractivity contribution < 1.29 is 18.0 Å². The molecule has 1 aliphatic rings. The summed E-state index contributed by atoms with van der Waals surface area (Å²) in [7, 11) is -3.85. The number of benzene rings is 3. The zero-order valence-electron chi connectivity index (χ0n) is 24.1. The molecule has 42 heavy (non-hydrogen) atoms. The average molecular weight is 631 g/mol. The SMILES string of the molecule is Cc1cccc(C)c1N(CC(=O)N(Cc1ccc(Cl)c(Cl)c1)[C@@H](Cc1ccccc1)C(=O)NC1CCCC1)S(C)(=O)=O. The van der Waals surface area contributed by atoms with Crippen LogP contribution in [0.3, 0.4) is 0 Å². The normalized spacial score (nSPS) is 14.4. The third-order valence-electron chi connectivity index (χ3n) is 7.68. The van der Waals surface area contributed by atoms with Gasteiger partial charge in [-0.2, -0.15) is 0 Å². The maximum absolute atomic E-state index is 14.3. The maximum Gasteiger partial charge on any atom is 0.244 e. The number of carbonyl (C=O) groups is 2. The summed E-state index contributed by atoms with van der Waals surface area (Å²) in [4.78, 5) is 29.7. The van der Waals surface area contributed by atoms with Crippen molar-refractivity contribution in [3.63, 3.8) is 0 Å². The van der Waals surface area contributed by atoms with Crippen LogP contribution in [0.5, 0.6) is 0 Å². The van der Waals surface area contributed by atoms with Crippen LogP contribution >= 0.6 is 23.2 Å². The predicted octanol–water partition coefficient (Wildman–Crippen LogP) is 6.08. The topological polar surface area (TPSA) is 86.8 Å². The molecule has 0 bridgehead atoms. The Balaban J connectivity index is 1.77. The fourth-order valence-corrected chi connectivity index (χ4v) is 6.82. The number of rotatable bonds is 11. The fourth-order valence-electron chi connectivity index (χ4n) is 5.53. The molecule has 0 saturated heterocycles. The summed E-state index contributed by atoms with van der Waals surface area (Å²) in [6.07, 6.45) is 5.20. The van der Waals surface area contributed by atoms with E-state index in [2.05, 4.69) is 5.32 Å². The van der Waals surface area contributed by atoms with Crippen LogP contribution in [0, 0.1) is 13.8 Å². The lowest BCUT2D eigenvalue weighted by Gasteiger charge is -2.34. The number of nitrogens with one attached hydrogen (secondary N) is 1. The second-order valence-electron chi connectivity index (χ2n) is 11.0. The number of halogens is 2. The molecule has 10 heteroatoms. The minimum Gasteiger partial charge on any atom is -0.352 e. The van der Waals surface area contributed by atoms with E-state index in [1.165, 1.54) is 4.90 Å². The van der Waals surface area contributed by atoms with Crippen molar-refractivity contribution >= 4 is 50.7 Å². The highest BCUT2D eigenvalue weighted by molar-refractivity contribution is 7.92. The molecule has 0 unspecified atom stereocenters. The molecule has 1 saturated carbocycles. The Morgan fingerprint density at radius 1 is 0.905 bits per heavy atom. The van der Waals surface area contributed by atoms with E-state index in [-0.39, 0.29) is 24.9 Å². The molecular weight excluding hydrogens is 593 g/mol. The van der Waals surface area contributed by atoms with Gasteiger partial charge in [0.1, 0.15) is 12.6 Å². The van der Waals surface area contributed by atoms with Crippen LogP contribution in [0.15, 0.2) is 66.7 Å². The number of para-hydroxylation sites is 1. The first-order valence-corrected chi connectivity index (χ1v) is 16.7. The smallest absolute Gasteiger partial charge is 0.244 e. The van der Waals surface area contributed by atoms with E-state index in [4.69, 9.17) is 23.2 Å². The molecule has 3 aromatic rings. The molecule has 0 radical (unpaired) electrons. The molecule has 0 aromatic heterocycles. The first kappa shape index (κ1) is 31.9. The molecule has 7 nitrogen and oxygen atoms in total. The standard InChI is InChI=1S/C32H37Cl2N3O4S/c1-22-10-9-11-23(2)31(22)37(42(3,40)41)21-30(38)36(20-25-16-17-27(33)28(34)18-25)29(19-24-12-5-4-6-13-24)32(39)35-26-14-7-8-15-26/h4-6,9-13,16-18,26,29H,7-8,14-15,19-21H2,1-3H3,(H,35,39)/t29-/m0/s1. The summed E-state index contributed by atoms with van der Waals surface area (Å²) in [5.41, 5.74) is 3.46. The summed E-state index contributed by atoms with van der Waals surface area (Å²) in [6.45, 7) is 3.20. The van der Waals surface area contributed by atoms with Gasteiger partial charge in [-0.3, -0.25) is 13.9 Å². The molecule has 4 rings (SSSR count). The Hall–Kier alpha value is -3.07. The summed E-state index contributed by atoms with van der Waals surface area (Å²) >= 11 is 12.5. The average Bonchev–Trinajstić information content (AvgIpc) is 3.45. The minimum atomic E-state index is -3.85. The second kappa shape index (κ2) is 13.9. The second-order valence-corrected chi connectivity index (χ2v) is 13.7. The van der Waals surface area contributed by atoms with E-state index in [1.54, 1.807) is 18.2 Å². The minimum absolute atomic E-state index is 0.0374. The highest BCUT2D eigenvalue weighted by Gasteiger charge is 2.34. The van der Waals surface area contributed by atoms with E-state index < -0.39 is 28.5 Å². The molecule has 0 heterocycles. The Morgan fingerprint density at radius 2 is 1.55 bits per heavy atom. The van der Waals surface area contributed by atoms with E-state index in [9.17, 15) is 18.0 Å². The zero-order valence-corrected chi connectivity index (χ0v) is 26.5. The zero-order chi connectivity index (χ0) is 30.4. The number of sulfonamides is 1. The van der Waals surface area contributed by atoms with Crippen molar-refractivity contribution in [1.82, 2.24) is 10.2 Å². The van der Waals surface area contributed by atoms with Crippen LogP contribution in [0.25, 0.3) is 0 Å². The number of aryl methyl sites for hydroxylation is 2. The molecule has 224 valence electrons. The van der Waals surface area contributed by atoms with Crippen LogP contribution in [-0.4, -0.2) is 50.0 Å². The Morgan fingerprint density at radius 3 is 2.14 bits per heavy atom. The van der Waals surface area contributed by atoms with Crippen LogP contribution in [0.1, 0.15) is 47.9 Å². The fraction of sp³-hybridized carbons (Fsp3) is 0.375. The van der Waals surface area contributed by atoms with Crippen molar-refractivity contribution in [1.29, 1.82) is 0 Å². The van der Waals surface area contributed by atoms with Gasteiger partial charge >= 0.3 is 0 Å². The van der Waals surface area contributed by atoms with Gasteiger partial charge in [0.25, 0.3) is 0 Å². The van der Waals surface area contributed by atoms with Gasteiger partial charge in [-0.25, -0.2) is 8.42 Å². The molecule has 1 N–H and O–H groups in total. The van der Waals surface area contributed by atoms with Crippen LogP contribution in [0.2, 0.25) is 10.0 Å². The number of anilines is 1. The molecule has 0 aliphatic heterocycles. The van der Waals surface area contributed by atoms with Gasteiger partial charge in [0.05, 0.1) is 22.0 Å². The van der Waals surface area contributed by atoms with Crippen molar-refractivity contribution in [2.45, 2.75) is 64.6 Å². The van der Waals surface area contributed by atoms with Crippen molar-refractivity contribution in [3.05, 3.63) is 99.0 Å². The summed E-state index contributed by atoms with van der Waals surface area (Å²) in [5.74, 6) is -0.770. The number of hydrogen-bond acceptors (Lipinski definition) is 4. The van der Waals surface area contributed by atoms with Gasteiger partial charge < -0.3 is 10.2 Å². The highest BCUT2D eigenvalue weighted by atomic mass is 35.5. The first-order chi connectivity index (χ1) is 19.9. The molecule has 0 spiro atoms. The summed E-state index contributed by atoms with van der Waals surface area (Å²) in [5, 5.41) is 3.86. The van der Waals surface area contributed by atoms with Crippen LogP contribution in [-0.2, 0) is 32.6 Å². The van der Waals surface area contributed by atoms with Crippen molar-refractivity contribution in [2.24, 2.45) is 0 Å². The number of carbonyl (C=O) groups excluding carboxylic acids is 2.